The molecule has 1 amide bonds. The van der Waals surface area contributed by atoms with Crippen molar-refractivity contribution >= 4 is 23.4 Å². The minimum Gasteiger partial charge on any atom is -0.496 e. The van der Waals surface area contributed by atoms with Crippen LogP contribution in [0.4, 0.5) is 10.1 Å². The summed E-state index contributed by atoms with van der Waals surface area (Å²) in [5.41, 5.74) is 6.88. The Morgan fingerprint density at radius 3 is 2.59 bits per heavy atom. The molecule has 29 heavy (non-hydrogen) atoms. The number of methoxy groups -OCH3 is 1. The van der Waals surface area contributed by atoms with Gasteiger partial charge in [0.1, 0.15) is 11.6 Å². The highest BCUT2D eigenvalue weighted by molar-refractivity contribution is 5.95. The van der Waals surface area contributed by atoms with Crippen LogP contribution in [0.25, 0.3) is 5.57 Å². The molecule has 1 N–H and O–H groups in total. The lowest BCUT2D eigenvalue weighted by Crippen LogP contribution is -2.44. The van der Waals surface area contributed by atoms with Crippen LogP contribution in [-0.4, -0.2) is 31.3 Å². The van der Waals surface area contributed by atoms with Gasteiger partial charge in [-0.15, -0.1) is 0 Å². The number of nitrogens with one attached hydrogen (secondary N) is 1. The number of carbonyl (C=O) groups is 1. The van der Waals surface area contributed by atoms with Gasteiger partial charge in [0.15, 0.2) is 0 Å². The number of fused-ring (bicyclic) bond motifs is 1. The van der Waals surface area contributed by atoms with Crippen molar-refractivity contribution in [3.8, 4) is 5.75 Å². The van der Waals surface area contributed by atoms with E-state index in [9.17, 15) is 9.18 Å². The Bertz CT molecular complexity index is 978. The van der Waals surface area contributed by atoms with Crippen LogP contribution >= 0.6 is 0 Å². The van der Waals surface area contributed by atoms with E-state index >= 15 is 0 Å². The summed E-state index contributed by atoms with van der Waals surface area (Å²) >= 11 is 0. The lowest BCUT2D eigenvalue weighted by Gasteiger charge is -2.43. The second-order valence-electron chi connectivity index (χ2n) is 7.54. The Balaban J connectivity index is 1.89. The minimum absolute atomic E-state index is 0.0877. The molecule has 0 atom stereocenters. The normalized spacial score (nSPS) is 15.1. The lowest BCUT2D eigenvalue weighted by atomic mass is 9.88. The zero-order valence-corrected chi connectivity index (χ0v) is 17.4. The fraction of sp³-hybridized carbons (Fsp3) is 0.304. The number of benzene rings is 2. The summed E-state index contributed by atoms with van der Waals surface area (Å²) in [7, 11) is 1.61. The van der Waals surface area contributed by atoms with Crippen LogP contribution in [0.1, 0.15) is 49.2 Å². The highest BCUT2D eigenvalue weighted by Crippen LogP contribution is 2.41. The van der Waals surface area contributed by atoms with Gasteiger partial charge in [-0.3, -0.25) is 4.79 Å². The van der Waals surface area contributed by atoms with Crippen LogP contribution in [-0.2, 0) is 0 Å². The molecule has 0 saturated heterocycles. The van der Waals surface area contributed by atoms with E-state index in [1.54, 1.807) is 13.3 Å². The minimum atomic E-state index is -0.409. The molecule has 3 rings (SSSR count). The van der Waals surface area contributed by atoms with Crippen LogP contribution in [0, 0.1) is 5.82 Å². The molecule has 0 aliphatic carbocycles. The van der Waals surface area contributed by atoms with Crippen molar-refractivity contribution in [2.75, 3.05) is 18.6 Å². The van der Waals surface area contributed by atoms with E-state index in [4.69, 9.17) is 4.74 Å². The number of halogens is 1. The van der Waals surface area contributed by atoms with Gasteiger partial charge in [0.2, 0.25) is 0 Å². The second-order valence-corrected chi connectivity index (χ2v) is 7.54. The van der Waals surface area contributed by atoms with Crippen molar-refractivity contribution in [1.82, 2.24) is 5.43 Å². The van der Waals surface area contributed by atoms with Gasteiger partial charge in [-0.2, -0.15) is 5.10 Å². The first-order valence-corrected chi connectivity index (χ1v) is 9.55. The molecular formula is C23H26FN3O2. The number of likely N-dealkylation sites (N-methyl/N-ethyl adjacent to an activating group) is 1. The Morgan fingerprint density at radius 1 is 1.28 bits per heavy atom. The number of anilines is 1. The predicted molar refractivity (Wildman–Crippen MR) is 115 cm³/mol. The van der Waals surface area contributed by atoms with Crippen molar-refractivity contribution in [1.29, 1.82) is 0 Å². The van der Waals surface area contributed by atoms with E-state index in [2.05, 4.69) is 49.2 Å². The van der Waals surface area contributed by atoms with Crippen molar-refractivity contribution in [3.05, 3.63) is 65.0 Å². The largest absolute Gasteiger partial charge is 0.496 e. The topological polar surface area (TPSA) is 53.9 Å². The smallest absolute Gasteiger partial charge is 0.271 e. The number of ether oxygens (including phenoxy) is 1. The fourth-order valence-electron chi connectivity index (χ4n) is 3.80. The number of rotatable bonds is 5. The average Bonchev–Trinajstić information content (AvgIpc) is 2.68. The second kappa shape index (κ2) is 8.07. The first-order chi connectivity index (χ1) is 13.8. The predicted octanol–water partition coefficient (Wildman–Crippen LogP) is 4.62. The number of hydrazone groups is 1. The average molecular weight is 395 g/mol. The number of hydrogen-bond donors (Lipinski definition) is 1. The first-order valence-electron chi connectivity index (χ1n) is 9.55. The zero-order chi connectivity index (χ0) is 21.2. The Labute approximate surface area is 170 Å². The first kappa shape index (κ1) is 20.6. The van der Waals surface area contributed by atoms with Gasteiger partial charge in [-0.05, 0) is 63.6 Å². The maximum absolute atomic E-state index is 13.0. The van der Waals surface area contributed by atoms with Crippen molar-refractivity contribution in [2.45, 2.75) is 33.2 Å². The van der Waals surface area contributed by atoms with E-state index in [1.165, 1.54) is 29.8 Å². The third-order valence-electron chi connectivity index (χ3n) is 5.12. The Hall–Kier alpha value is -3.15. The van der Waals surface area contributed by atoms with E-state index in [0.717, 1.165) is 23.4 Å². The third-order valence-corrected chi connectivity index (χ3v) is 5.12. The van der Waals surface area contributed by atoms with E-state index in [1.807, 2.05) is 12.1 Å². The number of amides is 1. The van der Waals surface area contributed by atoms with Crippen LogP contribution in [0.3, 0.4) is 0 Å². The molecule has 0 radical (unpaired) electrons. The molecule has 0 aromatic heterocycles. The zero-order valence-electron chi connectivity index (χ0n) is 17.4. The molecule has 0 spiro atoms. The Morgan fingerprint density at radius 2 is 1.97 bits per heavy atom. The molecule has 152 valence electrons. The van der Waals surface area contributed by atoms with Crippen LogP contribution < -0.4 is 15.1 Å². The summed E-state index contributed by atoms with van der Waals surface area (Å²) in [6, 6.07) is 9.33. The number of hydrogen-bond acceptors (Lipinski definition) is 4. The summed E-state index contributed by atoms with van der Waals surface area (Å²) in [6.07, 6.45) is 3.81. The molecular weight excluding hydrogens is 369 g/mol. The van der Waals surface area contributed by atoms with Crippen molar-refractivity contribution in [2.24, 2.45) is 5.10 Å². The molecule has 2 aromatic rings. The number of allylic oxidation sites excluding steroid dienone is 1. The maximum atomic E-state index is 13.0. The van der Waals surface area contributed by atoms with Gasteiger partial charge in [-0.25, -0.2) is 9.82 Å². The summed E-state index contributed by atoms with van der Waals surface area (Å²) in [4.78, 5) is 14.5. The SMILES string of the molecule is CCN1c2cc(OC)c(/C=N\NC(=O)c3ccc(F)cc3)cc2C(C)=CC1(C)C. The van der Waals surface area contributed by atoms with Gasteiger partial charge in [0.25, 0.3) is 5.91 Å². The van der Waals surface area contributed by atoms with Crippen LogP contribution in [0.2, 0.25) is 0 Å². The molecule has 5 nitrogen and oxygen atoms in total. The summed E-state index contributed by atoms with van der Waals surface area (Å²) in [6.45, 7) is 9.48. The third kappa shape index (κ3) is 4.16. The van der Waals surface area contributed by atoms with Gasteiger partial charge in [0, 0.05) is 35.0 Å². The highest BCUT2D eigenvalue weighted by atomic mass is 19.1. The van der Waals surface area contributed by atoms with E-state index in [-0.39, 0.29) is 5.54 Å². The van der Waals surface area contributed by atoms with E-state index in [0.29, 0.717) is 11.3 Å². The quantitative estimate of drug-likeness (QED) is 0.594. The lowest BCUT2D eigenvalue weighted by molar-refractivity contribution is 0.0955. The van der Waals surface area contributed by atoms with Gasteiger partial charge in [0.05, 0.1) is 18.9 Å². The molecule has 0 unspecified atom stereocenters. The van der Waals surface area contributed by atoms with Gasteiger partial charge >= 0.3 is 0 Å². The van der Waals surface area contributed by atoms with Crippen LogP contribution in [0.15, 0.2) is 47.6 Å². The molecule has 0 fully saturated rings. The molecule has 1 aliphatic rings. The summed E-state index contributed by atoms with van der Waals surface area (Å²) in [5, 5.41) is 4.06. The highest BCUT2D eigenvalue weighted by Gasteiger charge is 2.31. The van der Waals surface area contributed by atoms with Crippen molar-refractivity contribution < 1.29 is 13.9 Å². The van der Waals surface area contributed by atoms with Crippen molar-refractivity contribution in [3.63, 3.8) is 0 Å². The van der Waals surface area contributed by atoms with Crippen LogP contribution in [0.5, 0.6) is 5.75 Å². The number of carbonyl (C=O) groups excluding carboxylic acids is 1. The standard InChI is InChI=1S/C23H26FN3O2/c1-6-27-20-12-21(29-5)17(11-19(20)15(2)13-23(27,3)4)14-25-26-22(28)16-7-9-18(24)10-8-16/h7-14H,6H2,1-5H3,(H,26,28)/b25-14-. The monoisotopic (exact) mass is 395 g/mol. The molecule has 6 heteroatoms. The maximum Gasteiger partial charge on any atom is 0.271 e. The van der Waals surface area contributed by atoms with E-state index < -0.39 is 11.7 Å². The Kier molecular flexibility index (Phi) is 5.73. The molecule has 0 saturated carbocycles. The van der Waals surface area contributed by atoms with Gasteiger partial charge in [-0.1, -0.05) is 6.08 Å². The number of nitrogens with zero attached hydrogens (tertiary/aromatic N) is 2. The van der Waals surface area contributed by atoms with Gasteiger partial charge < -0.3 is 9.64 Å². The molecule has 1 heterocycles. The summed E-state index contributed by atoms with van der Waals surface area (Å²) in [5.74, 6) is -0.128. The molecule has 1 aliphatic heterocycles. The molecule has 2 aromatic carbocycles. The molecule has 0 bridgehead atoms. The summed E-state index contributed by atoms with van der Waals surface area (Å²) < 4.78 is 18.6. The fourth-order valence-corrected chi connectivity index (χ4v) is 3.80.